The third kappa shape index (κ3) is 2.61. The van der Waals surface area contributed by atoms with Gasteiger partial charge in [0.05, 0.1) is 18.2 Å². The number of hydrogen-bond acceptors (Lipinski definition) is 3. The Kier molecular flexibility index (Phi) is 3.78. The summed E-state index contributed by atoms with van der Waals surface area (Å²) in [5, 5.41) is 11.7. The maximum Gasteiger partial charge on any atom is 0.325 e. The van der Waals surface area contributed by atoms with E-state index in [2.05, 4.69) is 5.32 Å². The second-order valence-electron chi connectivity index (χ2n) is 5.77. The van der Waals surface area contributed by atoms with Crippen LogP contribution in [0.25, 0.3) is 0 Å². The van der Waals surface area contributed by atoms with Gasteiger partial charge in [0.1, 0.15) is 11.4 Å². The van der Waals surface area contributed by atoms with Gasteiger partial charge in [-0.15, -0.1) is 0 Å². The normalized spacial score (nSPS) is 20.0. The van der Waals surface area contributed by atoms with Crippen molar-refractivity contribution in [2.45, 2.75) is 19.0 Å². The Morgan fingerprint density at radius 1 is 1.21 bits per heavy atom. The average Bonchev–Trinajstić information content (AvgIpc) is 2.79. The van der Waals surface area contributed by atoms with Gasteiger partial charge < -0.3 is 5.32 Å². The van der Waals surface area contributed by atoms with Gasteiger partial charge in [-0.1, -0.05) is 24.3 Å². The molecule has 0 aliphatic carbocycles. The van der Waals surface area contributed by atoms with Gasteiger partial charge in [0.25, 0.3) is 5.91 Å². The predicted molar refractivity (Wildman–Crippen MR) is 84.0 cm³/mol. The summed E-state index contributed by atoms with van der Waals surface area (Å²) in [4.78, 5) is 26.1. The van der Waals surface area contributed by atoms with E-state index < -0.39 is 23.3 Å². The van der Waals surface area contributed by atoms with Gasteiger partial charge in [0.15, 0.2) is 0 Å². The fourth-order valence-electron chi connectivity index (χ4n) is 2.75. The highest BCUT2D eigenvalue weighted by atomic mass is 19.1. The van der Waals surface area contributed by atoms with E-state index in [1.165, 1.54) is 18.2 Å². The molecule has 1 aliphatic heterocycles. The third-order valence-electron chi connectivity index (χ3n) is 4.07. The maximum absolute atomic E-state index is 13.3. The lowest BCUT2D eigenvalue weighted by molar-refractivity contribution is -0.131. The van der Waals surface area contributed by atoms with E-state index in [4.69, 9.17) is 5.26 Å². The number of rotatable bonds is 3. The molecule has 5 nitrogen and oxygen atoms in total. The van der Waals surface area contributed by atoms with Crippen molar-refractivity contribution >= 4 is 11.9 Å². The monoisotopic (exact) mass is 323 g/mol. The molecule has 1 N–H and O–H groups in total. The number of nitrogens with zero attached hydrogens (tertiary/aromatic N) is 2. The summed E-state index contributed by atoms with van der Waals surface area (Å²) in [5.41, 5.74) is 0.201. The van der Waals surface area contributed by atoms with Crippen LogP contribution in [0.4, 0.5) is 9.18 Å². The van der Waals surface area contributed by atoms with E-state index in [9.17, 15) is 14.0 Å². The summed E-state index contributed by atoms with van der Waals surface area (Å²) in [6.45, 7) is 1.57. The molecule has 0 saturated carbocycles. The number of nitrogens with one attached hydrogen (secondary N) is 1. The molecule has 3 rings (SSSR count). The lowest BCUT2D eigenvalue weighted by Crippen LogP contribution is -2.40. The van der Waals surface area contributed by atoms with Crippen molar-refractivity contribution < 1.29 is 14.0 Å². The zero-order valence-electron chi connectivity index (χ0n) is 12.9. The molecule has 1 aliphatic rings. The fourth-order valence-corrected chi connectivity index (χ4v) is 2.75. The van der Waals surface area contributed by atoms with Crippen molar-refractivity contribution in [2.75, 3.05) is 0 Å². The first-order valence-corrected chi connectivity index (χ1v) is 7.33. The highest BCUT2D eigenvalue weighted by Crippen LogP contribution is 2.30. The maximum atomic E-state index is 13.3. The van der Waals surface area contributed by atoms with E-state index in [0.29, 0.717) is 16.7 Å². The molecule has 1 atom stereocenters. The minimum Gasteiger partial charge on any atom is -0.319 e. The van der Waals surface area contributed by atoms with E-state index >= 15 is 0 Å². The molecule has 0 radical (unpaired) electrons. The lowest BCUT2D eigenvalue weighted by Gasteiger charge is -2.22. The van der Waals surface area contributed by atoms with Crippen molar-refractivity contribution in [3.05, 3.63) is 71.0 Å². The smallest absolute Gasteiger partial charge is 0.319 e. The van der Waals surface area contributed by atoms with Gasteiger partial charge in [0, 0.05) is 0 Å². The first-order chi connectivity index (χ1) is 11.4. The van der Waals surface area contributed by atoms with Crippen LogP contribution in [0.5, 0.6) is 0 Å². The van der Waals surface area contributed by atoms with Crippen LogP contribution in [0.15, 0.2) is 48.5 Å². The Morgan fingerprint density at radius 3 is 2.67 bits per heavy atom. The van der Waals surface area contributed by atoms with Crippen molar-refractivity contribution in [3.63, 3.8) is 0 Å². The molecule has 0 aromatic heterocycles. The summed E-state index contributed by atoms with van der Waals surface area (Å²) in [5.74, 6) is -0.865. The molecule has 1 heterocycles. The van der Waals surface area contributed by atoms with Gasteiger partial charge in [0.2, 0.25) is 0 Å². The van der Waals surface area contributed by atoms with Crippen molar-refractivity contribution in [2.24, 2.45) is 0 Å². The van der Waals surface area contributed by atoms with E-state index in [-0.39, 0.29) is 6.54 Å². The molecule has 3 amide bonds. The highest BCUT2D eigenvalue weighted by Gasteiger charge is 2.48. The molecule has 0 spiro atoms. The first-order valence-electron chi connectivity index (χ1n) is 7.33. The summed E-state index contributed by atoms with van der Waals surface area (Å²) in [7, 11) is 0. The van der Waals surface area contributed by atoms with E-state index in [0.717, 1.165) is 4.90 Å². The summed E-state index contributed by atoms with van der Waals surface area (Å²) >= 11 is 0. The van der Waals surface area contributed by atoms with Crippen molar-refractivity contribution in [1.82, 2.24) is 10.2 Å². The minimum absolute atomic E-state index is 0.0179. The van der Waals surface area contributed by atoms with Gasteiger partial charge in [-0.05, 0) is 42.3 Å². The van der Waals surface area contributed by atoms with Crippen LogP contribution in [-0.4, -0.2) is 16.8 Å². The number of urea groups is 1. The summed E-state index contributed by atoms with van der Waals surface area (Å²) < 4.78 is 13.3. The molecule has 2 aromatic rings. The highest BCUT2D eigenvalue weighted by molar-refractivity contribution is 6.07. The second-order valence-corrected chi connectivity index (χ2v) is 5.77. The summed E-state index contributed by atoms with van der Waals surface area (Å²) in [6, 6.07) is 13.8. The molecule has 6 heteroatoms. The van der Waals surface area contributed by atoms with E-state index in [1.807, 2.05) is 6.07 Å². The molecule has 2 aromatic carbocycles. The predicted octanol–water partition coefficient (Wildman–Crippen LogP) is 2.66. The Morgan fingerprint density at radius 2 is 1.96 bits per heavy atom. The third-order valence-corrected chi connectivity index (χ3v) is 4.07. The van der Waals surface area contributed by atoms with Crippen LogP contribution in [-0.2, 0) is 16.9 Å². The number of benzene rings is 2. The van der Waals surface area contributed by atoms with E-state index in [1.54, 1.807) is 37.3 Å². The number of hydrogen-bond donors (Lipinski definition) is 1. The zero-order valence-corrected chi connectivity index (χ0v) is 12.9. The standard InChI is InChI=1S/C18H14FN3O2/c1-18(14-6-2-4-12(8-14)10-20)16(23)22(17(24)21-18)11-13-5-3-7-15(19)9-13/h2-9H,11H2,1H3,(H,21,24)/t18-/m0/s1. The average molecular weight is 323 g/mol. The number of halogens is 1. The Bertz CT molecular complexity index is 875. The molecule has 1 saturated heterocycles. The SMILES string of the molecule is C[C@@]1(c2cccc(C#N)c2)NC(=O)N(Cc2cccc(F)c2)C1=O. The fraction of sp³-hybridized carbons (Fsp3) is 0.167. The van der Waals surface area contributed by atoms with Crippen LogP contribution in [0.1, 0.15) is 23.6 Å². The number of nitriles is 1. The molecule has 0 unspecified atom stereocenters. The minimum atomic E-state index is -1.25. The first kappa shape index (κ1) is 15.7. The number of imide groups is 1. The van der Waals surface area contributed by atoms with Crippen LogP contribution < -0.4 is 5.32 Å². The Labute approximate surface area is 138 Å². The van der Waals surface area contributed by atoms with Gasteiger partial charge in [-0.3, -0.25) is 9.69 Å². The van der Waals surface area contributed by atoms with Crippen LogP contribution in [0.2, 0.25) is 0 Å². The summed E-state index contributed by atoms with van der Waals surface area (Å²) in [6.07, 6.45) is 0. The molecule has 0 bridgehead atoms. The lowest BCUT2D eigenvalue weighted by atomic mass is 9.91. The van der Waals surface area contributed by atoms with Crippen LogP contribution in [0, 0.1) is 17.1 Å². The van der Waals surface area contributed by atoms with Crippen molar-refractivity contribution in [3.8, 4) is 6.07 Å². The molecule has 1 fully saturated rings. The largest absolute Gasteiger partial charge is 0.325 e. The Balaban J connectivity index is 1.92. The van der Waals surface area contributed by atoms with Crippen molar-refractivity contribution in [1.29, 1.82) is 5.26 Å². The molecule has 120 valence electrons. The van der Waals surface area contributed by atoms with Gasteiger partial charge >= 0.3 is 6.03 Å². The number of amides is 3. The molecular weight excluding hydrogens is 309 g/mol. The quantitative estimate of drug-likeness (QED) is 0.883. The van der Waals surface area contributed by atoms with Crippen LogP contribution in [0.3, 0.4) is 0 Å². The number of carbonyl (C=O) groups excluding carboxylic acids is 2. The van der Waals surface area contributed by atoms with Gasteiger partial charge in [-0.25, -0.2) is 9.18 Å². The van der Waals surface area contributed by atoms with Gasteiger partial charge in [-0.2, -0.15) is 5.26 Å². The van der Waals surface area contributed by atoms with Crippen LogP contribution >= 0.6 is 0 Å². The molecule has 24 heavy (non-hydrogen) atoms. The topological polar surface area (TPSA) is 73.2 Å². The Hall–Kier alpha value is -3.20. The zero-order chi connectivity index (χ0) is 17.3. The molecular formula is C18H14FN3O2. The number of carbonyl (C=O) groups is 2. The second kappa shape index (κ2) is 5.78.